The Hall–Kier alpha value is -3.94. The predicted octanol–water partition coefficient (Wildman–Crippen LogP) is 5.79. The zero-order chi connectivity index (χ0) is 28.5. The zero-order valence-electron chi connectivity index (χ0n) is 22.7. The number of aromatic nitrogens is 1. The second kappa shape index (κ2) is 11.5. The highest BCUT2D eigenvalue weighted by molar-refractivity contribution is 6.32. The molecule has 7 nitrogen and oxygen atoms in total. The molecule has 41 heavy (non-hydrogen) atoms. The van der Waals surface area contributed by atoms with E-state index in [1.165, 1.54) is 11.0 Å². The number of allylic oxidation sites excluding steroid dienone is 1. The van der Waals surface area contributed by atoms with Crippen molar-refractivity contribution in [2.24, 2.45) is 17.8 Å². The minimum absolute atomic E-state index is 0.107. The van der Waals surface area contributed by atoms with Crippen molar-refractivity contribution >= 4 is 35.1 Å². The number of rotatable bonds is 8. The number of fused-ring (bicyclic) bond motifs is 3. The van der Waals surface area contributed by atoms with Gasteiger partial charge in [0, 0.05) is 19.2 Å². The molecule has 0 radical (unpaired) electrons. The van der Waals surface area contributed by atoms with Crippen molar-refractivity contribution in [2.75, 3.05) is 20.3 Å². The number of hydrogen-bond acceptors (Lipinski definition) is 6. The fourth-order valence-corrected chi connectivity index (χ4v) is 6.61. The Balaban J connectivity index is 1.31. The molecule has 0 spiro atoms. The Kier molecular flexibility index (Phi) is 7.65. The Morgan fingerprint density at radius 1 is 1.10 bits per heavy atom. The predicted molar refractivity (Wildman–Crippen MR) is 156 cm³/mol. The molecule has 2 aliphatic heterocycles. The van der Waals surface area contributed by atoms with Gasteiger partial charge in [0.1, 0.15) is 18.1 Å². The van der Waals surface area contributed by atoms with Gasteiger partial charge in [0.2, 0.25) is 11.8 Å². The van der Waals surface area contributed by atoms with Gasteiger partial charge in [0.05, 0.1) is 35.3 Å². The Bertz CT molecular complexity index is 1520. The highest BCUT2D eigenvalue weighted by Gasteiger charge is 2.56. The average molecular weight is 571 g/mol. The van der Waals surface area contributed by atoms with E-state index in [2.05, 4.69) is 4.98 Å². The van der Waals surface area contributed by atoms with Gasteiger partial charge in [0.15, 0.2) is 0 Å². The first-order valence-electron chi connectivity index (χ1n) is 13.8. The number of amides is 2. The maximum Gasteiger partial charge on any atom is 0.233 e. The largest absolute Gasteiger partial charge is 0.508 e. The van der Waals surface area contributed by atoms with Gasteiger partial charge in [-0.25, -0.2) is 0 Å². The molecule has 2 aromatic carbocycles. The first-order chi connectivity index (χ1) is 19.9. The van der Waals surface area contributed by atoms with Crippen molar-refractivity contribution in [3.63, 3.8) is 0 Å². The molecule has 2 fully saturated rings. The summed E-state index contributed by atoms with van der Waals surface area (Å²) in [5, 5.41) is 10.3. The maximum absolute atomic E-state index is 13.1. The first-order valence-corrected chi connectivity index (χ1v) is 14.2. The Labute approximate surface area is 244 Å². The summed E-state index contributed by atoms with van der Waals surface area (Å²) in [4.78, 5) is 32.0. The number of carbonyl (C=O) groups excluding carboxylic acids is 2. The van der Waals surface area contributed by atoms with E-state index in [9.17, 15) is 14.7 Å². The van der Waals surface area contributed by atoms with Crippen LogP contribution in [0.15, 0.2) is 84.1 Å². The Morgan fingerprint density at radius 3 is 2.66 bits per heavy atom. The molecular weight excluding hydrogens is 540 g/mol. The smallest absolute Gasteiger partial charge is 0.233 e. The third-order valence-electron chi connectivity index (χ3n) is 8.37. The molecule has 3 aromatic rings. The third kappa shape index (κ3) is 5.39. The summed E-state index contributed by atoms with van der Waals surface area (Å²) in [6.45, 7) is 0.742. The third-order valence-corrected chi connectivity index (χ3v) is 8.70. The summed E-state index contributed by atoms with van der Waals surface area (Å²) in [5.74, 6) is -0.296. The lowest BCUT2D eigenvalue weighted by Crippen LogP contribution is -2.35. The minimum Gasteiger partial charge on any atom is -0.508 e. The normalized spacial score (nSPS) is 24.0. The summed E-state index contributed by atoms with van der Waals surface area (Å²) >= 11 is 6.44. The number of benzene rings is 2. The van der Waals surface area contributed by atoms with Crippen molar-refractivity contribution in [1.29, 1.82) is 0 Å². The molecule has 0 bridgehead atoms. The van der Waals surface area contributed by atoms with Crippen LogP contribution in [0.3, 0.4) is 0 Å². The van der Waals surface area contributed by atoms with E-state index < -0.39 is 5.92 Å². The lowest BCUT2D eigenvalue weighted by molar-refractivity contribution is -0.138. The van der Waals surface area contributed by atoms with Crippen molar-refractivity contribution < 1.29 is 24.2 Å². The second-order valence-corrected chi connectivity index (χ2v) is 11.2. The van der Waals surface area contributed by atoms with Gasteiger partial charge in [0.25, 0.3) is 0 Å². The van der Waals surface area contributed by atoms with Gasteiger partial charge in [-0.2, -0.15) is 0 Å². The molecule has 1 N–H and O–H groups in total. The van der Waals surface area contributed by atoms with Crippen molar-refractivity contribution in [2.45, 2.75) is 25.4 Å². The van der Waals surface area contributed by atoms with Crippen molar-refractivity contribution in [3.8, 4) is 11.5 Å². The standard InChI is InChI=1S/C33H31ClN2O5/c1-36-32(38)25-16-22(18-40-24-7-3-2-4-8-24)30-26(31(25)33(36)39)19-41-29(30)13-11-21(28-9-5-6-14-35-28)15-20-10-12-23(37)17-27(20)34/h2-10,12,14-15,17,25-26,29,31,37H,11,13,16,18-19H2,1H3/b21-15-/t25-,26+,29-,31-/m1/s1. The molecule has 210 valence electrons. The van der Waals surface area contributed by atoms with Crippen molar-refractivity contribution in [3.05, 3.63) is 100 Å². The molecule has 4 atom stereocenters. The molecule has 0 saturated carbocycles. The number of hydrogen-bond donors (Lipinski definition) is 1. The number of imide groups is 1. The van der Waals surface area contributed by atoms with Gasteiger partial charge in [-0.15, -0.1) is 0 Å². The van der Waals surface area contributed by atoms with E-state index in [0.29, 0.717) is 37.5 Å². The summed E-state index contributed by atoms with van der Waals surface area (Å²) in [7, 11) is 1.58. The first kappa shape index (κ1) is 27.2. The number of halogens is 1. The second-order valence-electron chi connectivity index (χ2n) is 10.8. The van der Waals surface area contributed by atoms with E-state index in [4.69, 9.17) is 21.1 Å². The number of ether oxygens (including phenoxy) is 2. The van der Waals surface area contributed by atoms with Crippen LogP contribution in [-0.4, -0.2) is 53.2 Å². The van der Waals surface area contributed by atoms with Crippen LogP contribution in [0.25, 0.3) is 11.6 Å². The van der Waals surface area contributed by atoms with E-state index in [0.717, 1.165) is 33.7 Å². The van der Waals surface area contributed by atoms with Crippen LogP contribution in [-0.2, 0) is 14.3 Å². The number of aromatic hydroxyl groups is 1. The van der Waals surface area contributed by atoms with Crippen LogP contribution < -0.4 is 4.74 Å². The highest BCUT2D eigenvalue weighted by Crippen LogP contribution is 2.49. The van der Waals surface area contributed by atoms with Crippen LogP contribution in [0.2, 0.25) is 5.02 Å². The molecule has 2 saturated heterocycles. The maximum atomic E-state index is 13.1. The number of pyridine rings is 1. The molecule has 1 aliphatic carbocycles. The molecule has 2 amide bonds. The lowest BCUT2D eigenvalue weighted by atomic mass is 9.69. The fourth-order valence-electron chi connectivity index (χ4n) is 6.38. The van der Waals surface area contributed by atoms with Gasteiger partial charge in [-0.05, 0) is 90.1 Å². The minimum atomic E-state index is -0.394. The van der Waals surface area contributed by atoms with Gasteiger partial charge in [-0.1, -0.05) is 35.9 Å². The van der Waals surface area contributed by atoms with Crippen LogP contribution in [0.4, 0.5) is 0 Å². The Morgan fingerprint density at radius 2 is 1.90 bits per heavy atom. The number of nitrogens with zero attached hydrogens (tertiary/aromatic N) is 2. The van der Waals surface area contributed by atoms with E-state index >= 15 is 0 Å². The number of para-hydroxylation sites is 1. The summed E-state index contributed by atoms with van der Waals surface area (Å²) in [5.41, 5.74) is 4.74. The van der Waals surface area contributed by atoms with Crippen LogP contribution in [0, 0.1) is 17.8 Å². The zero-order valence-corrected chi connectivity index (χ0v) is 23.5. The molecule has 1 aromatic heterocycles. The topological polar surface area (TPSA) is 89.0 Å². The molecule has 3 heterocycles. The van der Waals surface area contributed by atoms with E-state index in [1.807, 2.05) is 54.6 Å². The number of carbonyl (C=O) groups is 2. The monoisotopic (exact) mass is 570 g/mol. The van der Waals surface area contributed by atoms with Crippen LogP contribution in [0.5, 0.6) is 11.5 Å². The van der Waals surface area contributed by atoms with Crippen LogP contribution in [0.1, 0.15) is 30.5 Å². The summed E-state index contributed by atoms with van der Waals surface area (Å²) in [6, 6.07) is 20.3. The van der Waals surface area contributed by atoms with E-state index in [-0.39, 0.29) is 35.5 Å². The molecule has 3 aliphatic rings. The molecule has 6 rings (SSSR count). The molecular formula is C33H31ClN2O5. The van der Waals surface area contributed by atoms with Crippen LogP contribution >= 0.6 is 11.6 Å². The molecule has 0 unspecified atom stereocenters. The highest BCUT2D eigenvalue weighted by atomic mass is 35.5. The lowest BCUT2D eigenvalue weighted by Gasteiger charge is -2.31. The van der Waals surface area contributed by atoms with Gasteiger partial charge >= 0.3 is 0 Å². The summed E-state index contributed by atoms with van der Waals surface area (Å²) < 4.78 is 12.5. The SMILES string of the molecule is CN1C(=O)[C@@H]2[C@@H](CC(COc3ccccc3)=C3[C@@H](CC/C(=C/c4ccc(O)cc4Cl)c4ccccn4)OC[C@@H]32)C1=O. The molecule has 8 heteroatoms. The van der Waals surface area contributed by atoms with E-state index in [1.54, 1.807) is 25.4 Å². The van der Waals surface area contributed by atoms with Gasteiger partial charge in [-0.3, -0.25) is 19.5 Å². The number of likely N-dealkylation sites (tertiary alicyclic amines) is 1. The number of phenols is 1. The number of phenolic OH excluding ortho intramolecular Hbond substituents is 1. The fraction of sp³-hybridized carbons (Fsp3) is 0.303. The van der Waals surface area contributed by atoms with Crippen molar-refractivity contribution in [1.82, 2.24) is 9.88 Å². The average Bonchev–Trinajstić information content (AvgIpc) is 3.51. The quantitative estimate of drug-likeness (QED) is 0.272. The van der Waals surface area contributed by atoms with Gasteiger partial charge < -0.3 is 14.6 Å². The summed E-state index contributed by atoms with van der Waals surface area (Å²) in [6.07, 6.45) is 5.33.